The number of hydrogen-bond acceptors (Lipinski definition) is 6. The summed E-state index contributed by atoms with van der Waals surface area (Å²) < 4.78 is 26.3. The van der Waals surface area contributed by atoms with Crippen LogP contribution in [-0.4, -0.2) is 52.7 Å². The molecule has 0 bridgehead atoms. The number of benzene rings is 1. The predicted molar refractivity (Wildman–Crippen MR) is 136 cm³/mol. The first-order valence-electron chi connectivity index (χ1n) is 12.2. The highest BCUT2D eigenvalue weighted by Crippen LogP contribution is 2.47. The van der Waals surface area contributed by atoms with E-state index in [1.165, 1.54) is 24.7 Å². The van der Waals surface area contributed by atoms with Crippen LogP contribution in [0.25, 0.3) is 21.1 Å². The Morgan fingerprint density at radius 2 is 1.94 bits per heavy atom. The van der Waals surface area contributed by atoms with Crippen molar-refractivity contribution >= 4 is 38.3 Å². The highest BCUT2D eigenvalue weighted by atomic mass is 32.1. The van der Waals surface area contributed by atoms with Gasteiger partial charge in [0.15, 0.2) is 11.6 Å². The molecule has 1 unspecified atom stereocenters. The molecule has 3 heterocycles. The van der Waals surface area contributed by atoms with Gasteiger partial charge in [-0.25, -0.2) is 4.39 Å². The van der Waals surface area contributed by atoms with Crippen molar-refractivity contribution in [1.29, 1.82) is 0 Å². The summed E-state index contributed by atoms with van der Waals surface area (Å²) in [5.74, 6) is 0.286. The van der Waals surface area contributed by atoms with Crippen molar-refractivity contribution in [3.8, 4) is 5.75 Å². The lowest BCUT2D eigenvalue weighted by atomic mass is 9.85. The molecule has 1 N–H and O–H groups in total. The molecular weight excluding hydrogens is 455 g/mol. The first kappa shape index (κ1) is 23.4. The van der Waals surface area contributed by atoms with E-state index in [4.69, 9.17) is 4.74 Å². The molecule has 9 heteroatoms. The van der Waals surface area contributed by atoms with Crippen LogP contribution in [0.4, 0.5) is 10.1 Å². The maximum Gasteiger partial charge on any atom is 0.271 e. The summed E-state index contributed by atoms with van der Waals surface area (Å²) in [6, 6.07) is 1.49. The summed E-state index contributed by atoms with van der Waals surface area (Å²) in [6.07, 6.45) is 2.87. The first-order valence-corrected chi connectivity index (χ1v) is 13.0. The van der Waals surface area contributed by atoms with Crippen LogP contribution in [0.3, 0.4) is 0 Å². The van der Waals surface area contributed by atoms with Gasteiger partial charge in [0.05, 0.1) is 18.0 Å². The van der Waals surface area contributed by atoms with Crippen molar-refractivity contribution in [3.05, 3.63) is 32.5 Å². The molecule has 7 nitrogen and oxygen atoms in total. The number of fused-ring (bicyclic) bond motifs is 2. The van der Waals surface area contributed by atoms with Gasteiger partial charge in [-0.2, -0.15) is 0 Å². The number of pyridine rings is 1. The van der Waals surface area contributed by atoms with E-state index >= 15 is 4.39 Å². The molecule has 1 aliphatic heterocycles. The Hall–Kier alpha value is -2.39. The molecule has 5 rings (SSSR count). The van der Waals surface area contributed by atoms with Crippen LogP contribution in [0.15, 0.2) is 15.7 Å². The number of nitrogens with zero attached hydrogens (tertiary/aromatic N) is 3. The van der Waals surface area contributed by atoms with E-state index < -0.39 is 16.8 Å². The van der Waals surface area contributed by atoms with Crippen molar-refractivity contribution < 1.29 is 9.13 Å². The zero-order chi connectivity index (χ0) is 24.4. The third-order valence-electron chi connectivity index (χ3n) is 7.99. The minimum Gasteiger partial charge on any atom is -0.492 e. The van der Waals surface area contributed by atoms with E-state index in [0.29, 0.717) is 27.7 Å². The Morgan fingerprint density at radius 1 is 1.24 bits per heavy atom. The van der Waals surface area contributed by atoms with Gasteiger partial charge in [-0.3, -0.25) is 18.9 Å². The number of H-pyrrole nitrogens is 1. The van der Waals surface area contributed by atoms with Crippen LogP contribution in [-0.2, 0) is 0 Å². The number of ether oxygens (including phenoxy) is 1. The molecule has 1 aromatic carbocycles. The van der Waals surface area contributed by atoms with E-state index in [1.807, 2.05) is 4.57 Å². The van der Waals surface area contributed by atoms with Gasteiger partial charge in [0.1, 0.15) is 15.9 Å². The topological polar surface area (TPSA) is 70.6 Å². The summed E-state index contributed by atoms with van der Waals surface area (Å²) in [5.41, 5.74) is 0.156. The standard InChI is InChI=1S/C25H33FN4O3S/c1-6-29(7-2)25(3,4)14-10-11-28(13-14)20-17(26)12-16-19(22(20)33-5)30(15-8-9-15)24-18(21(16)31)23(32)27-34-24/h12,14-15H,6-11,13H2,1-5H3,(H,27,32). The van der Waals surface area contributed by atoms with Crippen molar-refractivity contribution in [2.24, 2.45) is 5.92 Å². The molecule has 0 spiro atoms. The molecule has 1 aliphatic carbocycles. The molecule has 34 heavy (non-hydrogen) atoms. The number of rotatable bonds is 7. The molecule has 184 valence electrons. The number of anilines is 1. The Kier molecular flexibility index (Phi) is 5.75. The van der Waals surface area contributed by atoms with Gasteiger partial charge in [0.25, 0.3) is 5.56 Å². The third-order valence-corrected chi connectivity index (χ3v) is 8.88. The van der Waals surface area contributed by atoms with Crippen LogP contribution in [0.5, 0.6) is 5.75 Å². The average Bonchev–Trinajstić information content (AvgIpc) is 3.38. The lowest BCUT2D eigenvalue weighted by Gasteiger charge is -2.42. The fourth-order valence-corrected chi connectivity index (χ4v) is 6.84. The second-order valence-electron chi connectivity index (χ2n) is 10.0. The smallest absolute Gasteiger partial charge is 0.271 e. The number of halogens is 1. The molecule has 2 fully saturated rings. The van der Waals surface area contributed by atoms with Gasteiger partial charge in [-0.15, -0.1) is 0 Å². The Morgan fingerprint density at radius 3 is 2.56 bits per heavy atom. The number of nitrogens with one attached hydrogen (secondary N) is 1. The van der Waals surface area contributed by atoms with Crippen LogP contribution in [0.1, 0.15) is 53.0 Å². The first-order chi connectivity index (χ1) is 16.2. The zero-order valence-corrected chi connectivity index (χ0v) is 21.4. The number of hydrogen-bond donors (Lipinski definition) is 1. The summed E-state index contributed by atoms with van der Waals surface area (Å²) >= 11 is 1.17. The Labute approximate surface area is 202 Å². The zero-order valence-electron chi connectivity index (χ0n) is 20.5. The van der Waals surface area contributed by atoms with Crippen LogP contribution >= 0.6 is 11.5 Å². The van der Waals surface area contributed by atoms with Crippen LogP contribution in [0, 0.1) is 11.7 Å². The predicted octanol–water partition coefficient (Wildman–Crippen LogP) is 4.33. The summed E-state index contributed by atoms with van der Waals surface area (Å²) in [7, 11) is 1.54. The number of aromatic amines is 1. The summed E-state index contributed by atoms with van der Waals surface area (Å²) in [4.78, 5) is 30.8. The molecule has 2 aromatic heterocycles. The van der Waals surface area contributed by atoms with Gasteiger partial charge >= 0.3 is 0 Å². The quantitative estimate of drug-likeness (QED) is 0.536. The number of aromatic nitrogens is 2. The highest BCUT2D eigenvalue weighted by Gasteiger charge is 2.40. The summed E-state index contributed by atoms with van der Waals surface area (Å²) in [6.45, 7) is 12.3. The van der Waals surface area contributed by atoms with E-state index in [2.05, 4.69) is 41.9 Å². The SMILES string of the molecule is CCN(CC)C(C)(C)C1CCN(c2c(F)cc3c(=O)c4c(=O)[nH]sc4n(C4CC4)c3c2OC)C1. The third kappa shape index (κ3) is 3.39. The van der Waals surface area contributed by atoms with E-state index in [1.54, 1.807) is 0 Å². The lowest BCUT2D eigenvalue weighted by Crippen LogP contribution is -2.50. The molecule has 0 radical (unpaired) electrons. The molecule has 1 saturated carbocycles. The van der Waals surface area contributed by atoms with Crippen LogP contribution in [0.2, 0.25) is 0 Å². The van der Waals surface area contributed by atoms with Crippen molar-refractivity contribution in [2.45, 2.75) is 58.5 Å². The van der Waals surface area contributed by atoms with Gasteiger partial charge in [0, 0.05) is 24.7 Å². The van der Waals surface area contributed by atoms with Crippen molar-refractivity contribution in [2.75, 3.05) is 38.2 Å². The van der Waals surface area contributed by atoms with Gasteiger partial charge in [-0.1, -0.05) is 13.8 Å². The molecule has 3 aromatic rings. The minimum absolute atomic E-state index is 0.0155. The second kappa shape index (κ2) is 8.37. The van der Waals surface area contributed by atoms with Gasteiger partial charge in [-0.05, 0) is 69.7 Å². The molecule has 0 amide bonds. The van der Waals surface area contributed by atoms with Crippen molar-refractivity contribution in [3.63, 3.8) is 0 Å². The van der Waals surface area contributed by atoms with Crippen molar-refractivity contribution in [1.82, 2.24) is 13.8 Å². The molecule has 1 saturated heterocycles. The van der Waals surface area contributed by atoms with Gasteiger partial charge in [0.2, 0.25) is 5.43 Å². The van der Waals surface area contributed by atoms with Gasteiger partial charge < -0.3 is 14.2 Å². The van der Waals surface area contributed by atoms with E-state index in [-0.39, 0.29) is 22.4 Å². The Bertz CT molecular complexity index is 1370. The normalized spacial score (nSPS) is 19.1. The lowest BCUT2D eigenvalue weighted by molar-refractivity contribution is 0.0815. The second-order valence-corrected chi connectivity index (χ2v) is 10.8. The largest absolute Gasteiger partial charge is 0.492 e. The molecule has 1 atom stereocenters. The average molecular weight is 489 g/mol. The number of methoxy groups -OCH3 is 1. The molecular formula is C25H33FN4O3S. The maximum absolute atomic E-state index is 15.7. The van der Waals surface area contributed by atoms with Crippen LogP contribution < -0.4 is 20.6 Å². The molecule has 2 aliphatic rings. The maximum atomic E-state index is 15.7. The Balaban J connectivity index is 1.69. The fourth-order valence-electron chi connectivity index (χ4n) is 5.92. The van der Waals surface area contributed by atoms with E-state index in [0.717, 1.165) is 45.4 Å². The minimum atomic E-state index is -0.476. The fraction of sp³-hybridized carbons (Fsp3) is 0.600. The monoisotopic (exact) mass is 488 g/mol. The highest BCUT2D eigenvalue weighted by molar-refractivity contribution is 7.12. The summed E-state index contributed by atoms with van der Waals surface area (Å²) in [5, 5.41) is 0.321. The van der Waals surface area contributed by atoms with E-state index in [9.17, 15) is 9.59 Å².